The van der Waals surface area contributed by atoms with Crippen molar-refractivity contribution in [2.75, 3.05) is 43.3 Å². The predicted octanol–water partition coefficient (Wildman–Crippen LogP) is 2.60. The summed E-state index contributed by atoms with van der Waals surface area (Å²) in [7, 11) is 3.84. The first-order chi connectivity index (χ1) is 9.56. The first kappa shape index (κ1) is 16.7. The number of nitrogen functional groups attached to an aromatic ring is 1. The monoisotopic (exact) mass is 295 g/mol. The Morgan fingerprint density at radius 2 is 2.05 bits per heavy atom. The van der Waals surface area contributed by atoms with Crippen molar-refractivity contribution in [3.8, 4) is 0 Å². The van der Waals surface area contributed by atoms with E-state index >= 15 is 0 Å². The molecule has 1 rings (SSSR count). The van der Waals surface area contributed by atoms with E-state index in [2.05, 4.69) is 11.6 Å². The minimum Gasteiger partial charge on any atom is -0.399 e. The fourth-order valence-electron chi connectivity index (χ4n) is 1.97. The molecule has 3 N–H and O–H groups in total. The molecule has 0 aliphatic heterocycles. The Balaban J connectivity index is 2.52. The van der Waals surface area contributed by atoms with Crippen LogP contribution in [0.15, 0.2) is 18.2 Å². The maximum Gasteiger partial charge on any atom is 0.253 e. The van der Waals surface area contributed by atoms with E-state index in [9.17, 15) is 4.79 Å². The number of nitrogens with two attached hydrogens (primary N) is 1. The zero-order chi connectivity index (χ0) is 15.0. The van der Waals surface area contributed by atoms with Crippen molar-refractivity contribution in [2.45, 2.75) is 19.3 Å². The molecule has 1 aromatic rings. The number of hydrogen-bond donors (Lipinski definition) is 2. The summed E-state index contributed by atoms with van der Waals surface area (Å²) < 4.78 is 0. The number of carbonyl (C=O) groups is 1. The Morgan fingerprint density at radius 3 is 2.70 bits per heavy atom. The van der Waals surface area contributed by atoms with E-state index in [-0.39, 0.29) is 5.91 Å². The maximum atomic E-state index is 12.2. The van der Waals surface area contributed by atoms with Gasteiger partial charge in [0.05, 0.1) is 5.56 Å². The average Bonchev–Trinajstić information content (AvgIpc) is 2.42. The number of benzene rings is 1. The molecule has 0 radical (unpaired) electrons. The summed E-state index contributed by atoms with van der Waals surface area (Å²) in [6, 6.07) is 5.43. The van der Waals surface area contributed by atoms with Crippen molar-refractivity contribution in [3.05, 3.63) is 23.8 Å². The Hall–Kier alpha value is -1.36. The lowest BCUT2D eigenvalue weighted by Crippen LogP contribution is -2.26. The third-order valence-corrected chi connectivity index (χ3v) is 3.75. The van der Waals surface area contributed by atoms with Gasteiger partial charge in [-0.15, -0.1) is 0 Å². The van der Waals surface area contributed by atoms with Crippen molar-refractivity contribution >= 4 is 29.0 Å². The standard InChI is InChI=1S/C15H25N3OS/c1-18(2)14-8-7-12(16)11-13(14)15(19)17-9-5-4-6-10-20-3/h7-8,11H,4-6,9-10,16H2,1-3H3,(H,17,19). The summed E-state index contributed by atoms with van der Waals surface area (Å²) in [6.45, 7) is 0.717. The fourth-order valence-corrected chi connectivity index (χ4v) is 2.46. The van der Waals surface area contributed by atoms with Crippen LogP contribution >= 0.6 is 11.8 Å². The zero-order valence-corrected chi connectivity index (χ0v) is 13.4. The highest BCUT2D eigenvalue weighted by Crippen LogP contribution is 2.21. The van der Waals surface area contributed by atoms with E-state index in [1.807, 2.05) is 42.9 Å². The molecular formula is C15H25N3OS. The zero-order valence-electron chi connectivity index (χ0n) is 12.6. The Bertz CT molecular complexity index is 435. The summed E-state index contributed by atoms with van der Waals surface area (Å²) >= 11 is 1.86. The summed E-state index contributed by atoms with van der Waals surface area (Å²) in [5.74, 6) is 1.14. The molecular weight excluding hydrogens is 270 g/mol. The molecule has 112 valence electrons. The molecule has 0 spiro atoms. The summed E-state index contributed by atoms with van der Waals surface area (Å²) in [6.07, 6.45) is 5.49. The van der Waals surface area contributed by atoms with Crippen molar-refractivity contribution in [2.24, 2.45) is 0 Å². The quantitative estimate of drug-likeness (QED) is 0.572. The van der Waals surface area contributed by atoms with Gasteiger partial charge in [0.15, 0.2) is 0 Å². The molecule has 0 atom stereocenters. The van der Waals surface area contributed by atoms with Gasteiger partial charge in [-0.05, 0) is 43.0 Å². The molecule has 1 amide bonds. The molecule has 0 unspecified atom stereocenters. The molecule has 0 heterocycles. The molecule has 20 heavy (non-hydrogen) atoms. The van der Waals surface area contributed by atoms with Gasteiger partial charge in [0.25, 0.3) is 5.91 Å². The SMILES string of the molecule is CSCCCCCNC(=O)c1cc(N)ccc1N(C)C. The minimum absolute atomic E-state index is 0.0501. The molecule has 1 aromatic carbocycles. The van der Waals surface area contributed by atoms with Gasteiger partial charge in [0, 0.05) is 32.0 Å². The van der Waals surface area contributed by atoms with Crippen molar-refractivity contribution < 1.29 is 4.79 Å². The largest absolute Gasteiger partial charge is 0.399 e. The predicted molar refractivity (Wildman–Crippen MR) is 89.7 cm³/mol. The third-order valence-electron chi connectivity index (χ3n) is 3.06. The highest BCUT2D eigenvalue weighted by atomic mass is 32.2. The second-order valence-corrected chi connectivity index (χ2v) is 5.97. The van der Waals surface area contributed by atoms with Gasteiger partial charge in [0.2, 0.25) is 0 Å². The van der Waals surface area contributed by atoms with Crippen molar-refractivity contribution in [1.82, 2.24) is 5.32 Å². The number of rotatable bonds is 8. The van der Waals surface area contributed by atoms with E-state index in [4.69, 9.17) is 5.73 Å². The topological polar surface area (TPSA) is 58.4 Å². The van der Waals surface area contributed by atoms with Crippen molar-refractivity contribution in [1.29, 1.82) is 0 Å². The van der Waals surface area contributed by atoms with Crippen LogP contribution in [0.4, 0.5) is 11.4 Å². The van der Waals surface area contributed by atoms with Crippen LogP contribution in [0.5, 0.6) is 0 Å². The number of anilines is 2. The van der Waals surface area contributed by atoms with E-state index in [1.54, 1.807) is 6.07 Å². The van der Waals surface area contributed by atoms with E-state index in [0.717, 1.165) is 25.1 Å². The lowest BCUT2D eigenvalue weighted by Gasteiger charge is -2.17. The first-order valence-electron chi connectivity index (χ1n) is 6.90. The maximum absolute atomic E-state index is 12.2. The second-order valence-electron chi connectivity index (χ2n) is 4.98. The highest BCUT2D eigenvalue weighted by Gasteiger charge is 2.12. The Morgan fingerprint density at radius 1 is 1.30 bits per heavy atom. The number of nitrogens with one attached hydrogen (secondary N) is 1. The molecule has 0 bridgehead atoms. The van der Waals surface area contributed by atoms with Crippen LogP contribution < -0.4 is 16.0 Å². The number of amides is 1. The lowest BCUT2D eigenvalue weighted by molar-refractivity contribution is 0.0953. The van der Waals surface area contributed by atoms with Crippen LogP contribution in [0.1, 0.15) is 29.6 Å². The molecule has 0 aliphatic carbocycles. The lowest BCUT2D eigenvalue weighted by atomic mass is 10.1. The number of carbonyl (C=O) groups excluding carboxylic acids is 1. The van der Waals surface area contributed by atoms with Gasteiger partial charge in [0.1, 0.15) is 0 Å². The van der Waals surface area contributed by atoms with Gasteiger partial charge in [-0.25, -0.2) is 0 Å². The molecule has 0 aromatic heterocycles. The Labute approximate surface area is 126 Å². The highest BCUT2D eigenvalue weighted by molar-refractivity contribution is 7.98. The third kappa shape index (κ3) is 5.33. The van der Waals surface area contributed by atoms with Crippen LogP contribution in [-0.4, -0.2) is 38.6 Å². The molecule has 0 fully saturated rings. The van der Waals surface area contributed by atoms with Crippen LogP contribution in [0.25, 0.3) is 0 Å². The van der Waals surface area contributed by atoms with Gasteiger partial charge < -0.3 is 16.0 Å². The van der Waals surface area contributed by atoms with Crippen LogP contribution in [0, 0.1) is 0 Å². The molecule has 0 aliphatic rings. The van der Waals surface area contributed by atoms with E-state index in [1.165, 1.54) is 12.2 Å². The Kier molecular flexibility index (Phi) is 7.30. The number of hydrogen-bond acceptors (Lipinski definition) is 4. The van der Waals surface area contributed by atoms with E-state index in [0.29, 0.717) is 11.3 Å². The van der Waals surface area contributed by atoms with Gasteiger partial charge in [-0.3, -0.25) is 4.79 Å². The summed E-state index contributed by atoms with van der Waals surface area (Å²) in [5, 5.41) is 2.97. The molecule has 0 saturated heterocycles. The van der Waals surface area contributed by atoms with Crippen LogP contribution in [0.3, 0.4) is 0 Å². The first-order valence-corrected chi connectivity index (χ1v) is 8.29. The molecule has 4 nitrogen and oxygen atoms in total. The minimum atomic E-state index is -0.0501. The van der Waals surface area contributed by atoms with Gasteiger partial charge >= 0.3 is 0 Å². The molecule has 0 saturated carbocycles. The second kappa shape index (κ2) is 8.74. The van der Waals surface area contributed by atoms with Crippen LogP contribution in [-0.2, 0) is 0 Å². The normalized spacial score (nSPS) is 10.3. The van der Waals surface area contributed by atoms with E-state index < -0.39 is 0 Å². The molecule has 5 heteroatoms. The van der Waals surface area contributed by atoms with Gasteiger partial charge in [-0.2, -0.15) is 11.8 Å². The van der Waals surface area contributed by atoms with Gasteiger partial charge in [-0.1, -0.05) is 6.42 Å². The average molecular weight is 295 g/mol. The number of thioether (sulfide) groups is 1. The number of nitrogens with zero attached hydrogens (tertiary/aromatic N) is 1. The smallest absolute Gasteiger partial charge is 0.253 e. The van der Waals surface area contributed by atoms with Crippen molar-refractivity contribution in [3.63, 3.8) is 0 Å². The number of unbranched alkanes of at least 4 members (excludes halogenated alkanes) is 2. The summed E-state index contributed by atoms with van der Waals surface area (Å²) in [4.78, 5) is 14.1. The summed E-state index contributed by atoms with van der Waals surface area (Å²) in [5.41, 5.74) is 7.91. The fraction of sp³-hybridized carbons (Fsp3) is 0.533. The van der Waals surface area contributed by atoms with Crippen LogP contribution in [0.2, 0.25) is 0 Å².